The lowest BCUT2D eigenvalue weighted by Gasteiger charge is -2.10. The van der Waals surface area contributed by atoms with Gasteiger partial charge >= 0.3 is 0 Å². The SMILES string of the molecule is CCCNc1ncc(C)c(OCc2ccc(Br)cc2)n1. The zero-order valence-electron chi connectivity index (χ0n) is 11.7. The van der Waals surface area contributed by atoms with Crippen molar-refractivity contribution in [1.29, 1.82) is 0 Å². The third kappa shape index (κ3) is 4.20. The number of nitrogens with one attached hydrogen (secondary N) is 1. The van der Waals surface area contributed by atoms with E-state index in [2.05, 4.69) is 38.1 Å². The number of nitrogens with zero attached hydrogens (tertiary/aromatic N) is 2. The predicted molar refractivity (Wildman–Crippen MR) is 84.0 cm³/mol. The Labute approximate surface area is 127 Å². The van der Waals surface area contributed by atoms with Gasteiger partial charge in [-0.05, 0) is 31.0 Å². The van der Waals surface area contributed by atoms with Crippen LogP contribution in [-0.2, 0) is 6.61 Å². The van der Waals surface area contributed by atoms with Crippen LogP contribution in [-0.4, -0.2) is 16.5 Å². The molecule has 2 rings (SSSR count). The molecule has 0 saturated heterocycles. The van der Waals surface area contributed by atoms with Gasteiger partial charge in [0, 0.05) is 22.8 Å². The maximum absolute atomic E-state index is 5.78. The Morgan fingerprint density at radius 2 is 2.00 bits per heavy atom. The Morgan fingerprint density at radius 3 is 2.70 bits per heavy atom. The highest BCUT2D eigenvalue weighted by Crippen LogP contribution is 2.18. The van der Waals surface area contributed by atoms with E-state index < -0.39 is 0 Å². The first-order chi connectivity index (χ1) is 9.69. The van der Waals surface area contributed by atoms with E-state index in [0.717, 1.165) is 28.6 Å². The molecule has 2 aromatic rings. The van der Waals surface area contributed by atoms with Gasteiger partial charge in [-0.2, -0.15) is 4.98 Å². The van der Waals surface area contributed by atoms with E-state index in [1.807, 2.05) is 31.2 Å². The topological polar surface area (TPSA) is 47.0 Å². The number of benzene rings is 1. The van der Waals surface area contributed by atoms with Crippen LogP contribution in [0.5, 0.6) is 5.88 Å². The molecular formula is C15H18BrN3O. The summed E-state index contributed by atoms with van der Waals surface area (Å²) in [5.41, 5.74) is 2.04. The van der Waals surface area contributed by atoms with Gasteiger partial charge in [-0.1, -0.05) is 35.0 Å². The zero-order chi connectivity index (χ0) is 14.4. The van der Waals surface area contributed by atoms with Crippen LogP contribution in [0.25, 0.3) is 0 Å². The second-order valence-corrected chi connectivity index (χ2v) is 5.44. The van der Waals surface area contributed by atoms with Gasteiger partial charge < -0.3 is 10.1 Å². The van der Waals surface area contributed by atoms with E-state index in [0.29, 0.717) is 18.4 Å². The number of aromatic nitrogens is 2. The molecule has 0 saturated carbocycles. The lowest BCUT2D eigenvalue weighted by atomic mass is 10.2. The van der Waals surface area contributed by atoms with Crippen molar-refractivity contribution >= 4 is 21.9 Å². The van der Waals surface area contributed by atoms with Gasteiger partial charge in [0.1, 0.15) is 6.61 Å². The number of hydrogen-bond donors (Lipinski definition) is 1. The number of halogens is 1. The Hall–Kier alpha value is -1.62. The van der Waals surface area contributed by atoms with E-state index >= 15 is 0 Å². The van der Waals surface area contributed by atoms with Crippen molar-refractivity contribution in [3.8, 4) is 5.88 Å². The molecule has 0 aliphatic carbocycles. The van der Waals surface area contributed by atoms with Crippen LogP contribution in [0.2, 0.25) is 0 Å². The van der Waals surface area contributed by atoms with E-state index in [1.165, 1.54) is 0 Å². The summed E-state index contributed by atoms with van der Waals surface area (Å²) >= 11 is 3.42. The van der Waals surface area contributed by atoms with E-state index in [-0.39, 0.29) is 0 Å². The summed E-state index contributed by atoms with van der Waals surface area (Å²) in [5, 5.41) is 3.16. The molecule has 5 heteroatoms. The van der Waals surface area contributed by atoms with Crippen molar-refractivity contribution in [3.63, 3.8) is 0 Å². The molecule has 1 aromatic carbocycles. The van der Waals surface area contributed by atoms with E-state index in [4.69, 9.17) is 4.74 Å². The average molecular weight is 336 g/mol. The minimum Gasteiger partial charge on any atom is -0.472 e. The molecule has 0 unspecified atom stereocenters. The molecule has 0 amide bonds. The summed E-state index contributed by atoms with van der Waals surface area (Å²) in [5.74, 6) is 1.24. The monoisotopic (exact) mass is 335 g/mol. The largest absolute Gasteiger partial charge is 0.472 e. The van der Waals surface area contributed by atoms with Gasteiger partial charge in [0.25, 0.3) is 0 Å². The molecule has 0 atom stereocenters. The van der Waals surface area contributed by atoms with Crippen molar-refractivity contribution < 1.29 is 4.74 Å². The zero-order valence-corrected chi connectivity index (χ0v) is 13.3. The summed E-state index contributed by atoms with van der Waals surface area (Å²) in [7, 11) is 0. The van der Waals surface area contributed by atoms with E-state index in [1.54, 1.807) is 6.20 Å². The Kier molecular flexibility index (Phi) is 5.35. The van der Waals surface area contributed by atoms with Crippen molar-refractivity contribution in [2.75, 3.05) is 11.9 Å². The van der Waals surface area contributed by atoms with Crippen LogP contribution in [0.15, 0.2) is 34.9 Å². The van der Waals surface area contributed by atoms with Gasteiger partial charge in [-0.25, -0.2) is 4.98 Å². The Morgan fingerprint density at radius 1 is 1.25 bits per heavy atom. The van der Waals surface area contributed by atoms with Crippen molar-refractivity contribution in [2.45, 2.75) is 26.9 Å². The Bertz CT molecular complexity index is 558. The number of rotatable bonds is 6. The number of anilines is 1. The second-order valence-electron chi connectivity index (χ2n) is 4.52. The number of aryl methyl sites for hydroxylation is 1. The maximum Gasteiger partial charge on any atom is 0.225 e. The molecule has 0 bridgehead atoms. The summed E-state index contributed by atoms with van der Waals surface area (Å²) < 4.78 is 6.84. The molecule has 0 aliphatic heterocycles. The third-order valence-electron chi connectivity index (χ3n) is 2.75. The summed E-state index contributed by atoms with van der Waals surface area (Å²) in [6.45, 7) is 5.40. The summed E-state index contributed by atoms with van der Waals surface area (Å²) in [6.07, 6.45) is 2.81. The summed E-state index contributed by atoms with van der Waals surface area (Å²) in [4.78, 5) is 8.62. The van der Waals surface area contributed by atoms with E-state index in [9.17, 15) is 0 Å². The highest BCUT2D eigenvalue weighted by molar-refractivity contribution is 9.10. The second kappa shape index (κ2) is 7.24. The summed E-state index contributed by atoms with van der Waals surface area (Å²) in [6, 6.07) is 8.05. The van der Waals surface area contributed by atoms with Crippen molar-refractivity contribution in [1.82, 2.24) is 9.97 Å². The van der Waals surface area contributed by atoms with Crippen LogP contribution >= 0.6 is 15.9 Å². The molecule has 0 radical (unpaired) electrons. The van der Waals surface area contributed by atoms with Crippen LogP contribution in [0.3, 0.4) is 0 Å². The van der Waals surface area contributed by atoms with Gasteiger partial charge in [0.2, 0.25) is 11.8 Å². The minimum atomic E-state index is 0.498. The molecule has 0 fully saturated rings. The van der Waals surface area contributed by atoms with Gasteiger partial charge in [0.15, 0.2) is 0 Å². The molecule has 0 aliphatic rings. The normalized spacial score (nSPS) is 10.3. The maximum atomic E-state index is 5.78. The first-order valence-electron chi connectivity index (χ1n) is 6.64. The first-order valence-corrected chi connectivity index (χ1v) is 7.43. The third-order valence-corrected chi connectivity index (χ3v) is 3.28. The fourth-order valence-corrected chi connectivity index (χ4v) is 1.89. The molecule has 1 N–H and O–H groups in total. The van der Waals surface area contributed by atoms with Gasteiger partial charge in [0.05, 0.1) is 0 Å². The first kappa shape index (κ1) is 14.8. The van der Waals surface area contributed by atoms with Crippen LogP contribution in [0.4, 0.5) is 5.95 Å². The average Bonchev–Trinajstić information content (AvgIpc) is 2.46. The predicted octanol–water partition coefficient (Wildman–Crippen LogP) is 3.95. The highest BCUT2D eigenvalue weighted by Gasteiger charge is 2.05. The van der Waals surface area contributed by atoms with Crippen LogP contribution < -0.4 is 10.1 Å². The fraction of sp³-hybridized carbons (Fsp3) is 0.333. The lowest BCUT2D eigenvalue weighted by molar-refractivity contribution is 0.291. The standard InChI is InChI=1S/C15H18BrN3O/c1-3-8-17-15-18-9-11(2)14(19-15)20-10-12-4-6-13(16)7-5-12/h4-7,9H,3,8,10H2,1-2H3,(H,17,18,19). The van der Waals surface area contributed by atoms with Gasteiger partial charge in [-0.15, -0.1) is 0 Å². The molecule has 0 spiro atoms. The lowest BCUT2D eigenvalue weighted by Crippen LogP contribution is -2.07. The van der Waals surface area contributed by atoms with Gasteiger partial charge in [-0.3, -0.25) is 0 Å². The van der Waals surface area contributed by atoms with Crippen LogP contribution in [0, 0.1) is 6.92 Å². The highest BCUT2D eigenvalue weighted by atomic mass is 79.9. The molecular weight excluding hydrogens is 318 g/mol. The number of hydrogen-bond acceptors (Lipinski definition) is 4. The number of ether oxygens (including phenoxy) is 1. The molecule has 106 valence electrons. The molecule has 20 heavy (non-hydrogen) atoms. The molecule has 1 heterocycles. The van der Waals surface area contributed by atoms with Crippen molar-refractivity contribution in [2.24, 2.45) is 0 Å². The van der Waals surface area contributed by atoms with Crippen LogP contribution in [0.1, 0.15) is 24.5 Å². The van der Waals surface area contributed by atoms with Crippen molar-refractivity contribution in [3.05, 3.63) is 46.1 Å². The molecule has 1 aromatic heterocycles. The fourth-order valence-electron chi connectivity index (χ4n) is 1.63. The smallest absolute Gasteiger partial charge is 0.225 e. The Balaban J connectivity index is 2.02. The minimum absolute atomic E-state index is 0.498. The quantitative estimate of drug-likeness (QED) is 0.868. The molecule has 4 nitrogen and oxygen atoms in total.